The summed E-state index contributed by atoms with van der Waals surface area (Å²) >= 11 is 0. The maximum Gasteiger partial charge on any atom is 0.223 e. The van der Waals surface area contributed by atoms with E-state index in [9.17, 15) is 9.18 Å². The number of halogens is 1. The van der Waals surface area contributed by atoms with E-state index in [0.717, 1.165) is 55.8 Å². The third-order valence-electron chi connectivity index (χ3n) is 5.63. The highest BCUT2D eigenvalue weighted by Gasteiger charge is 2.24. The van der Waals surface area contributed by atoms with Gasteiger partial charge in [0.15, 0.2) is 0 Å². The molecule has 1 N–H and O–H groups in total. The number of amides is 1. The van der Waals surface area contributed by atoms with E-state index >= 15 is 0 Å². The van der Waals surface area contributed by atoms with Crippen molar-refractivity contribution < 1.29 is 13.9 Å². The van der Waals surface area contributed by atoms with E-state index in [1.165, 1.54) is 6.07 Å². The number of carbonyl (C=O) groups is 1. The van der Waals surface area contributed by atoms with Gasteiger partial charge < -0.3 is 15.0 Å². The lowest BCUT2D eigenvalue weighted by Crippen LogP contribution is -2.40. The Labute approximate surface area is 173 Å². The SMILES string of the molecule is Cc1ccc(CNC(=O)C2CCN(CCCOc3ccccc3C)CC2)cc1F. The second-order valence-corrected chi connectivity index (χ2v) is 7.88. The van der Waals surface area contributed by atoms with Crippen molar-refractivity contribution in [3.8, 4) is 5.75 Å². The molecule has 1 aliphatic rings. The molecule has 0 unspecified atom stereocenters. The van der Waals surface area contributed by atoms with E-state index in [1.807, 2.05) is 24.3 Å². The van der Waals surface area contributed by atoms with Crippen molar-refractivity contribution in [3.63, 3.8) is 0 Å². The van der Waals surface area contributed by atoms with Gasteiger partial charge in [-0.2, -0.15) is 0 Å². The highest BCUT2D eigenvalue weighted by atomic mass is 19.1. The number of rotatable bonds is 8. The van der Waals surface area contributed by atoms with Crippen LogP contribution in [0.1, 0.15) is 36.0 Å². The summed E-state index contributed by atoms with van der Waals surface area (Å²) in [6, 6.07) is 13.2. The molecule has 4 nitrogen and oxygen atoms in total. The molecule has 0 aromatic heterocycles. The number of likely N-dealkylation sites (tertiary alicyclic amines) is 1. The van der Waals surface area contributed by atoms with Gasteiger partial charge in [0.1, 0.15) is 11.6 Å². The standard InChI is InChI=1S/C24H31FN2O2/c1-18-8-9-20(16-22(18)25)17-26-24(28)21-10-13-27(14-11-21)12-5-15-29-23-7-4-3-6-19(23)2/h3-4,6-9,16,21H,5,10-15,17H2,1-2H3,(H,26,28). The van der Waals surface area contributed by atoms with E-state index in [0.29, 0.717) is 18.7 Å². The Morgan fingerprint density at radius 3 is 2.62 bits per heavy atom. The van der Waals surface area contributed by atoms with Gasteiger partial charge >= 0.3 is 0 Å². The molecule has 0 aliphatic carbocycles. The molecule has 1 aliphatic heterocycles. The van der Waals surface area contributed by atoms with E-state index in [4.69, 9.17) is 4.74 Å². The smallest absolute Gasteiger partial charge is 0.223 e. The fourth-order valence-corrected chi connectivity index (χ4v) is 3.69. The van der Waals surface area contributed by atoms with Crippen LogP contribution in [-0.4, -0.2) is 37.0 Å². The second-order valence-electron chi connectivity index (χ2n) is 7.88. The first kappa shape index (κ1) is 21.3. The number of nitrogens with zero attached hydrogens (tertiary/aromatic N) is 1. The average Bonchev–Trinajstić information content (AvgIpc) is 2.73. The average molecular weight is 399 g/mol. The Kier molecular flexibility index (Phi) is 7.64. The summed E-state index contributed by atoms with van der Waals surface area (Å²) in [7, 11) is 0. The van der Waals surface area contributed by atoms with E-state index < -0.39 is 0 Å². The maximum atomic E-state index is 13.6. The van der Waals surface area contributed by atoms with Gasteiger partial charge in [-0.15, -0.1) is 0 Å². The van der Waals surface area contributed by atoms with Crippen LogP contribution in [0.5, 0.6) is 5.75 Å². The molecule has 1 saturated heterocycles. The van der Waals surface area contributed by atoms with Crippen LogP contribution < -0.4 is 10.1 Å². The molecule has 1 amide bonds. The number of benzene rings is 2. The lowest BCUT2D eigenvalue weighted by molar-refractivity contribution is -0.126. The first-order valence-corrected chi connectivity index (χ1v) is 10.5. The van der Waals surface area contributed by atoms with Crippen molar-refractivity contribution in [1.29, 1.82) is 0 Å². The minimum atomic E-state index is -0.225. The quantitative estimate of drug-likeness (QED) is 0.677. The van der Waals surface area contributed by atoms with E-state index in [2.05, 4.69) is 23.2 Å². The molecule has 2 aromatic rings. The first-order chi connectivity index (χ1) is 14.0. The molecule has 0 atom stereocenters. The Hall–Kier alpha value is -2.40. The molecule has 0 spiro atoms. The van der Waals surface area contributed by atoms with Crippen LogP contribution >= 0.6 is 0 Å². The zero-order valence-electron chi connectivity index (χ0n) is 17.4. The Balaban J connectivity index is 1.32. The molecule has 156 valence electrons. The first-order valence-electron chi connectivity index (χ1n) is 10.5. The monoisotopic (exact) mass is 398 g/mol. The molecular weight excluding hydrogens is 367 g/mol. The van der Waals surface area contributed by atoms with Gasteiger partial charge in [0.2, 0.25) is 5.91 Å². The summed E-state index contributed by atoms with van der Waals surface area (Å²) in [6.07, 6.45) is 2.71. The fourth-order valence-electron chi connectivity index (χ4n) is 3.69. The van der Waals surface area contributed by atoms with Gasteiger partial charge in [-0.1, -0.05) is 30.3 Å². The van der Waals surface area contributed by atoms with E-state index in [1.54, 1.807) is 13.0 Å². The lowest BCUT2D eigenvalue weighted by Gasteiger charge is -2.31. The van der Waals surface area contributed by atoms with Crippen LogP contribution in [0.15, 0.2) is 42.5 Å². The molecule has 1 fully saturated rings. The van der Waals surface area contributed by atoms with Crippen LogP contribution in [-0.2, 0) is 11.3 Å². The van der Waals surface area contributed by atoms with Gasteiger partial charge in [-0.05, 0) is 75.0 Å². The third-order valence-corrected chi connectivity index (χ3v) is 5.63. The summed E-state index contributed by atoms with van der Waals surface area (Å²) in [4.78, 5) is 14.8. The number of aryl methyl sites for hydroxylation is 2. The van der Waals surface area contributed by atoms with Crippen molar-refractivity contribution in [1.82, 2.24) is 10.2 Å². The van der Waals surface area contributed by atoms with Crippen molar-refractivity contribution >= 4 is 5.91 Å². The highest BCUT2D eigenvalue weighted by molar-refractivity contribution is 5.78. The van der Waals surface area contributed by atoms with Gasteiger partial charge in [-0.3, -0.25) is 4.79 Å². The fraction of sp³-hybridized carbons (Fsp3) is 0.458. The Morgan fingerprint density at radius 1 is 1.14 bits per heavy atom. The summed E-state index contributed by atoms with van der Waals surface area (Å²) in [5.41, 5.74) is 2.58. The predicted octanol–water partition coefficient (Wildman–Crippen LogP) is 4.24. The molecule has 5 heteroatoms. The van der Waals surface area contributed by atoms with E-state index in [-0.39, 0.29) is 17.6 Å². The molecule has 0 saturated carbocycles. The number of hydrogen-bond acceptors (Lipinski definition) is 3. The Bertz CT molecular complexity index is 816. The molecule has 29 heavy (non-hydrogen) atoms. The number of hydrogen-bond donors (Lipinski definition) is 1. The zero-order chi connectivity index (χ0) is 20.6. The molecule has 0 bridgehead atoms. The number of para-hydroxylation sites is 1. The summed E-state index contributed by atoms with van der Waals surface area (Å²) in [6.45, 7) is 7.73. The number of piperidine rings is 1. The van der Waals surface area contributed by atoms with Gasteiger partial charge in [0, 0.05) is 19.0 Å². The number of ether oxygens (including phenoxy) is 1. The van der Waals surface area contributed by atoms with Gasteiger partial charge in [-0.25, -0.2) is 4.39 Å². The zero-order valence-corrected chi connectivity index (χ0v) is 17.4. The molecule has 2 aromatic carbocycles. The van der Waals surface area contributed by atoms with Crippen molar-refractivity contribution in [2.24, 2.45) is 5.92 Å². The normalized spacial score (nSPS) is 15.3. The van der Waals surface area contributed by atoms with Crippen LogP contribution in [0.3, 0.4) is 0 Å². The van der Waals surface area contributed by atoms with Crippen LogP contribution in [0.4, 0.5) is 4.39 Å². The van der Waals surface area contributed by atoms with Crippen LogP contribution in [0.25, 0.3) is 0 Å². The predicted molar refractivity (Wildman–Crippen MR) is 113 cm³/mol. The van der Waals surface area contributed by atoms with Crippen molar-refractivity contribution in [2.45, 2.75) is 39.7 Å². The van der Waals surface area contributed by atoms with Gasteiger partial charge in [0.25, 0.3) is 0 Å². The lowest BCUT2D eigenvalue weighted by atomic mass is 9.95. The molecule has 1 heterocycles. The van der Waals surface area contributed by atoms with Crippen LogP contribution in [0.2, 0.25) is 0 Å². The Morgan fingerprint density at radius 2 is 1.90 bits per heavy atom. The van der Waals surface area contributed by atoms with Crippen LogP contribution in [0, 0.1) is 25.6 Å². The maximum absolute atomic E-state index is 13.6. The summed E-state index contributed by atoms with van der Waals surface area (Å²) < 4.78 is 19.5. The number of nitrogens with one attached hydrogen (secondary N) is 1. The summed E-state index contributed by atoms with van der Waals surface area (Å²) in [5.74, 6) is 0.853. The molecule has 3 rings (SSSR count). The summed E-state index contributed by atoms with van der Waals surface area (Å²) in [5, 5.41) is 2.96. The molecule has 0 radical (unpaired) electrons. The minimum absolute atomic E-state index is 0.0461. The second kappa shape index (κ2) is 10.4. The van der Waals surface area contributed by atoms with Crippen molar-refractivity contribution in [3.05, 3.63) is 65.0 Å². The topological polar surface area (TPSA) is 41.6 Å². The number of carbonyl (C=O) groups excluding carboxylic acids is 1. The highest BCUT2D eigenvalue weighted by Crippen LogP contribution is 2.19. The minimum Gasteiger partial charge on any atom is -0.493 e. The van der Waals surface area contributed by atoms with Crippen molar-refractivity contribution in [2.75, 3.05) is 26.2 Å². The third kappa shape index (κ3) is 6.29. The van der Waals surface area contributed by atoms with Gasteiger partial charge in [0.05, 0.1) is 6.61 Å². The molecular formula is C24H31FN2O2. The largest absolute Gasteiger partial charge is 0.493 e.